The Kier molecular flexibility index (Phi) is 4.66. The minimum atomic E-state index is -0.353. The maximum absolute atomic E-state index is 12.2. The molecule has 0 spiro atoms. The summed E-state index contributed by atoms with van der Waals surface area (Å²) < 4.78 is 1.62. The number of aromatic hydroxyl groups is 1. The van der Waals surface area contributed by atoms with Gasteiger partial charge in [-0.25, -0.2) is 0 Å². The van der Waals surface area contributed by atoms with Crippen LogP contribution in [0.2, 0.25) is 0 Å². The van der Waals surface area contributed by atoms with Gasteiger partial charge in [-0.2, -0.15) is 0 Å². The number of hydrogen-bond acceptors (Lipinski definition) is 4. The summed E-state index contributed by atoms with van der Waals surface area (Å²) in [4.78, 5) is 13.2. The van der Waals surface area contributed by atoms with Crippen LogP contribution in [0.3, 0.4) is 0 Å². The molecule has 6 heteroatoms. The highest BCUT2D eigenvalue weighted by Gasteiger charge is 2.17. The minimum absolute atomic E-state index is 0.00360. The van der Waals surface area contributed by atoms with Crippen molar-refractivity contribution in [2.24, 2.45) is 17.3 Å². The molecule has 1 aromatic heterocycles. The number of nitrogens with zero attached hydrogens (tertiary/aromatic N) is 3. The molecule has 0 aliphatic carbocycles. The molecule has 0 bridgehead atoms. The molecule has 0 aliphatic heterocycles. The fraction of sp³-hybridized carbons (Fsp3) is 0.167. The Morgan fingerprint density at radius 1 is 1.12 bits per heavy atom. The lowest BCUT2D eigenvalue weighted by Gasteiger charge is -2.05. The van der Waals surface area contributed by atoms with E-state index in [9.17, 15) is 9.90 Å². The van der Waals surface area contributed by atoms with Gasteiger partial charge in [0.15, 0.2) is 5.69 Å². The second-order valence-electron chi connectivity index (χ2n) is 5.36. The Balaban J connectivity index is 1.81. The summed E-state index contributed by atoms with van der Waals surface area (Å²) in [5, 5.41) is 18.4. The number of fused-ring (bicyclic) bond motifs is 1. The van der Waals surface area contributed by atoms with E-state index in [1.807, 2.05) is 54.6 Å². The van der Waals surface area contributed by atoms with E-state index < -0.39 is 0 Å². The van der Waals surface area contributed by atoms with Crippen LogP contribution in [0.25, 0.3) is 10.9 Å². The molecule has 1 N–H and O–H groups in total. The number of thioether (sulfide) groups is 1. The average molecular weight is 339 g/mol. The first kappa shape index (κ1) is 16.3. The lowest BCUT2D eigenvalue weighted by Crippen LogP contribution is -2.09. The molecular formula is C18H17N3O2S. The highest BCUT2D eigenvalue weighted by atomic mass is 32.2. The standard InChI is InChI=1S/C18H17N3O2S/c1-12(24-13-8-4-3-5-9-13)17(22)20-19-16-14-10-6-7-11-15(14)21(2)18(16)23/h3-12,23H,1-2H3/t12-/m0/s1. The lowest BCUT2D eigenvalue weighted by molar-refractivity contribution is -0.117. The van der Waals surface area contributed by atoms with Gasteiger partial charge in [0, 0.05) is 17.3 Å². The first-order chi connectivity index (χ1) is 11.6. The average Bonchev–Trinajstić information content (AvgIpc) is 2.85. The van der Waals surface area contributed by atoms with Crippen LogP contribution in [0.4, 0.5) is 5.69 Å². The van der Waals surface area contributed by atoms with E-state index in [2.05, 4.69) is 10.2 Å². The lowest BCUT2D eigenvalue weighted by atomic mass is 10.2. The van der Waals surface area contributed by atoms with Crippen LogP contribution in [0, 0.1) is 0 Å². The number of hydrogen-bond donors (Lipinski definition) is 1. The smallest absolute Gasteiger partial charge is 0.277 e. The number of carbonyl (C=O) groups excluding carboxylic acids is 1. The Bertz CT molecular complexity index is 903. The van der Waals surface area contributed by atoms with E-state index in [0.29, 0.717) is 5.69 Å². The maximum Gasteiger partial charge on any atom is 0.277 e. The van der Waals surface area contributed by atoms with Crippen molar-refractivity contribution in [3.63, 3.8) is 0 Å². The number of aromatic nitrogens is 1. The molecule has 0 fully saturated rings. The van der Waals surface area contributed by atoms with Gasteiger partial charge in [-0.05, 0) is 25.1 Å². The highest BCUT2D eigenvalue weighted by Crippen LogP contribution is 2.37. The first-order valence-corrected chi connectivity index (χ1v) is 8.39. The second-order valence-corrected chi connectivity index (χ2v) is 6.77. The molecule has 1 amide bonds. The van der Waals surface area contributed by atoms with E-state index in [4.69, 9.17) is 0 Å². The zero-order chi connectivity index (χ0) is 17.1. The van der Waals surface area contributed by atoms with Crippen LogP contribution >= 0.6 is 11.8 Å². The van der Waals surface area contributed by atoms with E-state index in [1.165, 1.54) is 11.8 Å². The SMILES string of the molecule is C[C@H](Sc1ccccc1)C(=O)N=Nc1c(O)n(C)c2ccccc12. The van der Waals surface area contributed by atoms with Crippen LogP contribution in [0.5, 0.6) is 5.88 Å². The van der Waals surface area contributed by atoms with Gasteiger partial charge in [0.25, 0.3) is 5.91 Å². The molecule has 1 atom stereocenters. The van der Waals surface area contributed by atoms with Gasteiger partial charge in [-0.15, -0.1) is 22.0 Å². The van der Waals surface area contributed by atoms with E-state index >= 15 is 0 Å². The topological polar surface area (TPSA) is 66.9 Å². The van der Waals surface area contributed by atoms with E-state index in [-0.39, 0.29) is 17.0 Å². The number of benzene rings is 2. The Morgan fingerprint density at radius 3 is 2.54 bits per heavy atom. The summed E-state index contributed by atoms with van der Waals surface area (Å²) in [5.41, 5.74) is 1.15. The summed E-state index contributed by atoms with van der Waals surface area (Å²) in [7, 11) is 1.74. The summed E-state index contributed by atoms with van der Waals surface area (Å²) in [6.07, 6.45) is 0. The highest BCUT2D eigenvalue weighted by molar-refractivity contribution is 8.00. The molecule has 0 saturated carbocycles. The van der Waals surface area contributed by atoms with Crippen molar-refractivity contribution in [2.75, 3.05) is 0 Å². The molecule has 5 nitrogen and oxygen atoms in total. The first-order valence-electron chi connectivity index (χ1n) is 7.51. The predicted octanol–water partition coefficient (Wildman–Crippen LogP) is 4.68. The molecular weight excluding hydrogens is 322 g/mol. The zero-order valence-corrected chi connectivity index (χ0v) is 14.2. The fourth-order valence-electron chi connectivity index (χ4n) is 2.39. The monoisotopic (exact) mass is 339 g/mol. The number of amides is 1. The zero-order valence-electron chi connectivity index (χ0n) is 13.4. The van der Waals surface area contributed by atoms with Gasteiger partial charge < -0.3 is 9.67 Å². The molecule has 3 aromatic rings. The van der Waals surface area contributed by atoms with Crippen molar-refractivity contribution in [3.05, 3.63) is 54.6 Å². The Labute approximate surface area is 144 Å². The maximum atomic E-state index is 12.2. The molecule has 122 valence electrons. The van der Waals surface area contributed by atoms with Crippen molar-refractivity contribution in [3.8, 4) is 5.88 Å². The summed E-state index contributed by atoms with van der Waals surface area (Å²) >= 11 is 1.43. The van der Waals surface area contributed by atoms with Crippen molar-refractivity contribution in [1.29, 1.82) is 0 Å². The third-order valence-electron chi connectivity index (χ3n) is 3.70. The van der Waals surface area contributed by atoms with Gasteiger partial charge in [0.2, 0.25) is 5.88 Å². The van der Waals surface area contributed by atoms with Crippen LogP contribution < -0.4 is 0 Å². The summed E-state index contributed by atoms with van der Waals surface area (Å²) in [5.74, 6) is -0.340. The van der Waals surface area contributed by atoms with Gasteiger partial charge >= 0.3 is 0 Å². The quantitative estimate of drug-likeness (QED) is 0.554. The second kappa shape index (κ2) is 6.88. The van der Waals surface area contributed by atoms with Gasteiger partial charge in [0.05, 0.1) is 10.8 Å². The Hall–Kier alpha value is -2.60. The normalized spacial score (nSPS) is 12.8. The van der Waals surface area contributed by atoms with E-state index in [1.54, 1.807) is 18.5 Å². The molecule has 3 rings (SSSR count). The number of azo groups is 1. The molecule has 24 heavy (non-hydrogen) atoms. The molecule has 0 saturated heterocycles. The van der Waals surface area contributed by atoms with Gasteiger partial charge in [-0.1, -0.05) is 36.4 Å². The van der Waals surface area contributed by atoms with E-state index in [0.717, 1.165) is 15.8 Å². The number of para-hydroxylation sites is 1. The molecule has 2 aromatic carbocycles. The summed E-state index contributed by atoms with van der Waals surface area (Å²) in [6, 6.07) is 17.1. The minimum Gasteiger partial charge on any atom is -0.493 e. The van der Waals surface area contributed by atoms with Crippen molar-refractivity contribution in [2.45, 2.75) is 17.1 Å². The van der Waals surface area contributed by atoms with Crippen LogP contribution in [0.15, 0.2) is 69.7 Å². The summed E-state index contributed by atoms with van der Waals surface area (Å²) in [6.45, 7) is 1.79. The number of carbonyl (C=O) groups is 1. The van der Waals surface area contributed by atoms with Crippen LogP contribution in [-0.2, 0) is 11.8 Å². The Morgan fingerprint density at radius 2 is 1.79 bits per heavy atom. The predicted molar refractivity (Wildman–Crippen MR) is 95.9 cm³/mol. The third-order valence-corrected chi connectivity index (χ3v) is 4.80. The van der Waals surface area contributed by atoms with Crippen molar-refractivity contribution >= 4 is 34.3 Å². The molecule has 0 unspecified atom stereocenters. The third kappa shape index (κ3) is 3.19. The number of aryl methyl sites for hydroxylation is 1. The molecule has 0 radical (unpaired) electrons. The van der Waals surface area contributed by atoms with Gasteiger partial charge in [-0.3, -0.25) is 4.79 Å². The number of rotatable bonds is 4. The molecule has 1 heterocycles. The fourth-order valence-corrected chi connectivity index (χ4v) is 3.26. The molecule has 0 aliphatic rings. The van der Waals surface area contributed by atoms with Crippen molar-refractivity contribution < 1.29 is 9.90 Å². The largest absolute Gasteiger partial charge is 0.493 e. The van der Waals surface area contributed by atoms with Crippen molar-refractivity contribution in [1.82, 2.24) is 4.57 Å². The van der Waals surface area contributed by atoms with Gasteiger partial charge in [0.1, 0.15) is 0 Å². The van der Waals surface area contributed by atoms with Crippen LogP contribution in [0.1, 0.15) is 6.92 Å². The van der Waals surface area contributed by atoms with Crippen LogP contribution in [-0.4, -0.2) is 20.8 Å².